The zero-order valence-electron chi connectivity index (χ0n) is 9.78. The van der Waals surface area contributed by atoms with Crippen LogP contribution in [-0.2, 0) is 10.0 Å². The van der Waals surface area contributed by atoms with E-state index >= 15 is 0 Å². The monoisotopic (exact) mass is 282 g/mol. The first-order chi connectivity index (χ1) is 8.88. The molecule has 0 aliphatic carbocycles. The molecule has 2 rings (SSSR count). The molecule has 2 aromatic rings. The SMILES string of the molecule is Cc1ccc(NC(=O)c2nn[nH]n2)cc1S(N)(=O)=O. The van der Waals surface area contributed by atoms with Gasteiger partial charge in [0.2, 0.25) is 10.0 Å². The molecule has 0 saturated carbocycles. The molecule has 0 atom stereocenters. The van der Waals surface area contributed by atoms with Gasteiger partial charge in [-0.2, -0.15) is 5.21 Å². The third kappa shape index (κ3) is 2.92. The van der Waals surface area contributed by atoms with E-state index in [9.17, 15) is 13.2 Å². The number of rotatable bonds is 3. The van der Waals surface area contributed by atoms with Crippen LogP contribution in [0.3, 0.4) is 0 Å². The van der Waals surface area contributed by atoms with Gasteiger partial charge in [0.15, 0.2) is 0 Å². The standard InChI is InChI=1S/C9H10N6O3S/c1-5-2-3-6(4-7(5)19(10,17)18)11-9(16)8-12-14-15-13-8/h2-4H,1H3,(H,11,16)(H2,10,17,18)(H,12,13,14,15). The van der Waals surface area contributed by atoms with Gasteiger partial charge in [0, 0.05) is 5.69 Å². The number of carbonyl (C=O) groups excluding carboxylic acids is 1. The summed E-state index contributed by atoms with van der Waals surface area (Å²) in [7, 11) is -3.85. The number of sulfonamides is 1. The van der Waals surface area contributed by atoms with Crippen LogP contribution in [0, 0.1) is 6.92 Å². The van der Waals surface area contributed by atoms with Crippen molar-refractivity contribution in [2.75, 3.05) is 5.32 Å². The highest BCUT2D eigenvalue weighted by Gasteiger charge is 2.15. The average molecular weight is 282 g/mol. The Morgan fingerprint density at radius 3 is 2.74 bits per heavy atom. The van der Waals surface area contributed by atoms with E-state index in [2.05, 4.69) is 25.9 Å². The molecule has 19 heavy (non-hydrogen) atoms. The number of tetrazole rings is 1. The highest BCUT2D eigenvalue weighted by atomic mass is 32.2. The molecule has 1 heterocycles. The van der Waals surface area contributed by atoms with Crippen LogP contribution in [0.15, 0.2) is 23.1 Å². The van der Waals surface area contributed by atoms with E-state index in [-0.39, 0.29) is 16.4 Å². The lowest BCUT2D eigenvalue weighted by molar-refractivity contribution is 0.101. The molecule has 0 saturated heterocycles. The van der Waals surface area contributed by atoms with E-state index in [1.54, 1.807) is 13.0 Å². The summed E-state index contributed by atoms with van der Waals surface area (Å²) in [5.74, 6) is -0.768. The average Bonchev–Trinajstić information content (AvgIpc) is 2.83. The molecule has 0 spiro atoms. The molecule has 1 amide bonds. The first-order valence-corrected chi connectivity index (χ1v) is 6.61. The van der Waals surface area contributed by atoms with Gasteiger partial charge < -0.3 is 5.32 Å². The van der Waals surface area contributed by atoms with Crippen molar-refractivity contribution in [2.24, 2.45) is 5.14 Å². The van der Waals surface area contributed by atoms with Crippen LogP contribution in [0.2, 0.25) is 0 Å². The van der Waals surface area contributed by atoms with E-state index in [0.717, 1.165) is 0 Å². The molecule has 0 bridgehead atoms. The van der Waals surface area contributed by atoms with E-state index in [1.807, 2.05) is 0 Å². The van der Waals surface area contributed by atoms with Gasteiger partial charge in [-0.1, -0.05) is 6.07 Å². The summed E-state index contributed by atoms with van der Waals surface area (Å²) in [5.41, 5.74) is 0.754. The van der Waals surface area contributed by atoms with Crippen molar-refractivity contribution < 1.29 is 13.2 Å². The second-order valence-corrected chi connectivity index (χ2v) is 5.24. The number of anilines is 1. The van der Waals surface area contributed by atoms with E-state index in [0.29, 0.717) is 5.56 Å². The van der Waals surface area contributed by atoms with Gasteiger partial charge in [-0.3, -0.25) is 4.79 Å². The van der Waals surface area contributed by atoms with Crippen molar-refractivity contribution in [1.82, 2.24) is 20.6 Å². The fourth-order valence-electron chi connectivity index (χ4n) is 1.43. The highest BCUT2D eigenvalue weighted by Crippen LogP contribution is 2.19. The van der Waals surface area contributed by atoms with Crippen LogP contribution < -0.4 is 10.5 Å². The maximum Gasteiger partial charge on any atom is 0.297 e. The number of aromatic nitrogens is 4. The molecule has 1 aromatic heterocycles. The molecular formula is C9H10N6O3S. The summed E-state index contributed by atoms with van der Waals surface area (Å²) in [6.45, 7) is 1.60. The number of carbonyl (C=O) groups is 1. The lowest BCUT2D eigenvalue weighted by Crippen LogP contribution is -2.16. The van der Waals surface area contributed by atoms with E-state index < -0.39 is 15.9 Å². The fourth-order valence-corrected chi connectivity index (χ4v) is 2.24. The first kappa shape index (κ1) is 13.1. The lowest BCUT2D eigenvalue weighted by Gasteiger charge is -2.07. The molecule has 9 nitrogen and oxygen atoms in total. The molecule has 10 heteroatoms. The Kier molecular flexibility index (Phi) is 3.27. The number of primary sulfonamides is 1. The maximum atomic E-state index is 11.6. The van der Waals surface area contributed by atoms with Gasteiger partial charge >= 0.3 is 0 Å². The Morgan fingerprint density at radius 1 is 1.42 bits per heavy atom. The van der Waals surface area contributed by atoms with Crippen molar-refractivity contribution in [3.63, 3.8) is 0 Å². The topological polar surface area (TPSA) is 144 Å². The van der Waals surface area contributed by atoms with E-state index in [4.69, 9.17) is 5.14 Å². The summed E-state index contributed by atoms with van der Waals surface area (Å²) in [4.78, 5) is 11.6. The predicted molar refractivity (Wildman–Crippen MR) is 64.7 cm³/mol. The highest BCUT2D eigenvalue weighted by molar-refractivity contribution is 7.89. The van der Waals surface area contributed by atoms with Crippen molar-refractivity contribution >= 4 is 21.6 Å². The molecule has 4 N–H and O–H groups in total. The number of benzene rings is 1. The number of nitrogens with one attached hydrogen (secondary N) is 2. The van der Waals surface area contributed by atoms with Crippen LogP contribution in [0.5, 0.6) is 0 Å². The molecular weight excluding hydrogens is 272 g/mol. The van der Waals surface area contributed by atoms with Crippen LogP contribution in [0.1, 0.15) is 16.2 Å². The maximum absolute atomic E-state index is 11.6. The van der Waals surface area contributed by atoms with Gasteiger partial charge in [-0.15, -0.1) is 10.2 Å². The Morgan fingerprint density at radius 2 is 2.16 bits per heavy atom. The second kappa shape index (κ2) is 4.74. The largest absolute Gasteiger partial charge is 0.319 e. The lowest BCUT2D eigenvalue weighted by atomic mass is 10.2. The molecule has 0 radical (unpaired) electrons. The summed E-state index contributed by atoms with van der Waals surface area (Å²) in [5, 5.41) is 19.9. The van der Waals surface area contributed by atoms with Crippen LogP contribution in [-0.4, -0.2) is 34.9 Å². The van der Waals surface area contributed by atoms with Crippen LogP contribution in [0.25, 0.3) is 0 Å². The molecule has 100 valence electrons. The van der Waals surface area contributed by atoms with E-state index in [1.165, 1.54) is 12.1 Å². The van der Waals surface area contributed by atoms with Crippen molar-refractivity contribution in [2.45, 2.75) is 11.8 Å². The number of H-pyrrole nitrogens is 1. The van der Waals surface area contributed by atoms with Gasteiger partial charge in [-0.25, -0.2) is 13.6 Å². The number of amides is 1. The number of nitrogens with zero attached hydrogens (tertiary/aromatic N) is 3. The van der Waals surface area contributed by atoms with Gasteiger partial charge in [0.1, 0.15) is 0 Å². The molecule has 1 aromatic carbocycles. The summed E-state index contributed by atoms with van der Waals surface area (Å²) < 4.78 is 22.7. The molecule has 0 aliphatic heterocycles. The summed E-state index contributed by atoms with van der Waals surface area (Å²) in [6, 6.07) is 4.34. The quantitative estimate of drug-likeness (QED) is 0.686. The van der Waals surface area contributed by atoms with Crippen LogP contribution in [0.4, 0.5) is 5.69 Å². The van der Waals surface area contributed by atoms with Crippen molar-refractivity contribution in [3.05, 3.63) is 29.6 Å². The number of aromatic amines is 1. The summed E-state index contributed by atoms with van der Waals surface area (Å²) >= 11 is 0. The Hall–Kier alpha value is -2.33. The number of nitrogens with two attached hydrogens (primary N) is 1. The summed E-state index contributed by atoms with van der Waals surface area (Å²) in [6.07, 6.45) is 0. The Bertz CT molecular complexity index is 710. The predicted octanol–water partition coefficient (Wildman–Crippen LogP) is -0.592. The first-order valence-electron chi connectivity index (χ1n) is 5.06. The minimum Gasteiger partial charge on any atom is -0.319 e. The third-order valence-electron chi connectivity index (χ3n) is 2.30. The van der Waals surface area contributed by atoms with Gasteiger partial charge in [0.05, 0.1) is 4.90 Å². The third-order valence-corrected chi connectivity index (χ3v) is 3.35. The number of hydrogen-bond acceptors (Lipinski definition) is 6. The Balaban J connectivity index is 2.30. The van der Waals surface area contributed by atoms with Crippen molar-refractivity contribution in [3.8, 4) is 0 Å². The van der Waals surface area contributed by atoms with Gasteiger partial charge in [-0.05, 0) is 29.8 Å². The number of hydrogen-bond donors (Lipinski definition) is 3. The van der Waals surface area contributed by atoms with Crippen LogP contribution >= 0.6 is 0 Å². The zero-order chi connectivity index (χ0) is 14.0. The van der Waals surface area contributed by atoms with Gasteiger partial charge in [0.25, 0.3) is 11.7 Å². The Labute approximate surface area is 108 Å². The molecule has 0 aliphatic rings. The minimum absolute atomic E-state index is 0.0570. The normalized spacial score (nSPS) is 11.3. The minimum atomic E-state index is -3.85. The van der Waals surface area contributed by atoms with Crippen molar-refractivity contribution in [1.29, 1.82) is 0 Å². The molecule has 0 fully saturated rings. The smallest absolute Gasteiger partial charge is 0.297 e. The number of aryl methyl sites for hydroxylation is 1. The zero-order valence-corrected chi connectivity index (χ0v) is 10.6. The second-order valence-electron chi connectivity index (χ2n) is 3.71. The fraction of sp³-hybridized carbons (Fsp3) is 0.111. The molecule has 0 unspecified atom stereocenters.